The molecule has 0 radical (unpaired) electrons. The van der Waals surface area contributed by atoms with Gasteiger partial charge in [-0.1, -0.05) is 0 Å². The summed E-state index contributed by atoms with van der Waals surface area (Å²) < 4.78 is 3.67. The number of aliphatic carboxylic acids is 1. The van der Waals surface area contributed by atoms with Crippen molar-refractivity contribution < 1.29 is 14.7 Å². The summed E-state index contributed by atoms with van der Waals surface area (Å²) in [5, 5.41) is 12.9. The lowest BCUT2D eigenvalue weighted by Gasteiger charge is -2.18. The lowest BCUT2D eigenvalue weighted by atomic mass is 10.2. The van der Waals surface area contributed by atoms with Crippen LogP contribution in [0.15, 0.2) is 18.3 Å². The van der Waals surface area contributed by atoms with E-state index in [1.807, 2.05) is 30.5 Å². The van der Waals surface area contributed by atoms with Gasteiger partial charge in [0.15, 0.2) is 0 Å². The minimum absolute atomic E-state index is 0.0489. The molecule has 0 bridgehead atoms. The predicted molar refractivity (Wildman–Crippen MR) is 85.8 cm³/mol. The van der Waals surface area contributed by atoms with Crippen molar-refractivity contribution in [3.63, 3.8) is 0 Å². The molecule has 2 rings (SSSR count). The fourth-order valence-electron chi connectivity index (χ4n) is 2.62. The number of aromatic nitrogens is 3. The molecule has 2 aromatic heterocycles. The van der Waals surface area contributed by atoms with Crippen LogP contribution in [0.2, 0.25) is 0 Å². The van der Waals surface area contributed by atoms with Crippen LogP contribution in [-0.2, 0) is 11.8 Å². The van der Waals surface area contributed by atoms with E-state index in [2.05, 4.69) is 5.10 Å². The highest BCUT2D eigenvalue weighted by atomic mass is 16.4. The van der Waals surface area contributed by atoms with Crippen molar-refractivity contribution in [2.45, 2.75) is 26.7 Å². The van der Waals surface area contributed by atoms with Gasteiger partial charge in [-0.15, -0.1) is 0 Å². The number of carbonyl (C=O) groups excluding carboxylic acids is 1. The summed E-state index contributed by atoms with van der Waals surface area (Å²) in [6.45, 7) is 4.35. The lowest BCUT2D eigenvalue weighted by Crippen LogP contribution is -2.29. The highest BCUT2D eigenvalue weighted by Crippen LogP contribution is 2.21. The van der Waals surface area contributed by atoms with Crippen LogP contribution in [0.1, 0.15) is 34.6 Å². The molecule has 0 spiro atoms. The number of carboxylic acid groups (broad SMARTS) is 1. The van der Waals surface area contributed by atoms with Gasteiger partial charge in [0.05, 0.1) is 6.20 Å². The van der Waals surface area contributed by atoms with E-state index < -0.39 is 5.97 Å². The van der Waals surface area contributed by atoms with Gasteiger partial charge in [0.1, 0.15) is 11.4 Å². The molecule has 0 saturated heterocycles. The highest BCUT2D eigenvalue weighted by Gasteiger charge is 2.22. The van der Waals surface area contributed by atoms with Gasteiger partial charge in [-0.3, -0.25) is 14.3 Å². The molecule has 23 heavy (non-hydrogen) atoms. The normalized spacial score (nSPS) is 10.8. The maximum absolute atomic E-state index is 12.7. The first-order valence-corrected chi connectivity index (χ1v) is 7.47. The number of nitrogens with zero attached hydrogens (tertiary/aromatic N) is 4. The standard InChI is InChI=1S/C16H22N4O3/c1-11-7-8-12(2)20(11)15-13(10-17-19(15)4)16(23)18(3)9-5-6-14(21)22/h7-8,10H,5-6,9H2,1-4H3,(H,21,22). The third-order valence-corrected chi connectivity index (χ3v) is 3.85. The number of rotatable bonds is 6. The van der Waals surface area contributed by atoms with Crippen LogP contribution in [0.4, 0.5) is 0 Å². The largest absolute Gasteiger partial charge is 0.481 e. The van der Waals surface area contributed by atoms with Crippen molar-refractivity contribution in [3.05, 3.63) is 35.3 Å². The summed E-state index contributed by atoms with van der Waals surface area (Å²) in [6, 6.07) is 3.99. The molecule has 2 heterocycles. The molecule has 124 valence electrons. The van der Waals surface area contributed by atoms with Crippen LogP contribution < -0.4 is 0 Å². The van der Waals surface area contributed by atoms with Gasteiger partial charge < -0.3 is 14.6 Å². The second-order valence-corrected chi connectivity index (χ2v) is 5.68. The van der Waals surface area contributed by atoms with Crippen LogP contribution in [-0.4, -0.2) is 49.8 Å². The van der Waals surface area contributed by atoms with Gasteiger partial charge >= 0.3 is 5.97 Å². The Kier molecular flexibility index (Phi) is 4.88. The van der Waals surface area contributed by atoms with Crippen molar-refractivity contribution in [3.8, 4) is 5.82 Å². The van der Waals surface area contributed by atoms with E-state index in [0.29, 0.717) is 18.5 Å². The molecule has 0 saturated carbocycles. The van der Waals surface area contributed by atoms with Gasteiger partial charge in [0.25, 0.3) is 5.91 Å². The van der Waals surface area contributed by atoms with Gasteiger partial charge in [-0.05, 0) is 32.4 Å². The average molecular weight is 318 g/mol. The van der Waals surface area contributed by atoms with Crippen LogP contribution in [0.5, 0.6) is 0 Å². The van der Waals surface area contributed by atoms with Crippen molar-refractivity contribution in [2.75, 3.05) is 13.6 Å². The van der Waals surface area contributed by atoms with Crippen LogP contribution in [0.25, 0.3) is 5.82 Å². The molecule has 0 aromatic carbocycles. The maximum Gasteiger partial charge on any atom is 0.303 e. The SMILES string of the molecule is Cc1ccc(C)n1-c1c(C(=O)N(C)CCCC(=O)O)cnn1C. The molecule has 1 N–H and O–H groups in total. The zero-order chi connectivity index (χ0) is 17.1. The molecule has 0 aliphatic carbocycles. The van der Waals surface area contributed by atoms with Crippen molar-refractivity contribution in [1.82, 2.24) is 19.2 Å². The van der Waals surface area contributed by atoms with Crippen molar-refractivity contribution in [2.24, 2.45) is 7.05 Å². The highest BCUT2D eigenvalue weighted by molar-refractivity contribution is 5.97. The molecule has 7 nitrogen and oxygen atoms in total. The van der Waals surface area contributed by atoms with E-state index in [-0.39, 0.29) is 12.3 Å². The Balaban J connectivity index is 2.27. The molecule has 2 aromatic rings. The van der Waals surface area contributed by atoms with Crippen LogP contribution >= 0.6 is 0 Å². The molecular weight excluding hydrogens is 296 g/mol. The number of carbonyl (C=O) groups is 2. The number of amides is 1. The van der Waals surface area contributed by atoms with Crippen LogP contribution in [0, 0.1) is 13.8 Å². The fourth-order valence-corrected chi connectivity index (χ4v) is 2.62. The Bertz CT molecular complexity index is 710. The molecule has 1 amide bonds. The van der Waals surface area contributed by atoms with E-state index in [0.717, 1.165) is 17.2 Å². The van der Waals surface area contributed by atoms with Gasteiger partial charge in [0, 0.05) is 38.4 Å². The Labute approximate surface area is 135 Å². The maximum atomic E-state index is 12.7. The quantitative estimate of drug-likeness (QED) is 0.880. The number of hydrogen-bond donors (Lipinski definition) is 1. The summed E-state index contributed by atoms with van der Waals surface area (Å²) in [4.78, 5) is 24.8. The smallest absolute Gasteiger partial charge is 0.303 e. The third-order valence-electron chi connectivity index (χ3n) is 3.85. The Hall–Kier alpha value is -2.57. The second-order valence-electron chi connectivity index (χ2n) is 5.68. The van der Waals surface area contributed by atoms with Crippen molar-refractivity contribution in [1.29, 1.82) is 0 Å². The van der Waals surface area contributed by atoms with Crippen molar-refractivity contribution >= 4 is 11.9 Å². The summed E-state index contributed by atoms with van der Waals surface area (Å²) in [6.07, 6.45) is 2.03. The summed E-state index contributed by atoms with van der Waals surface area (Å²) in [5.74, 6) is -0.294. The molecule has 0 unspecified atom stereocenters. The number of aryl methyl sites for hydroxylation is 3. The van der Waals surface area contributed by atoms with E-state index in [1.54, 1.807) is 25.0 Å². The lowest BCUT2D eigenvalue weighted by molar-refractivity contribution is -0.137. The topological polar surface area (TPSA) is 80.4 Å². The Morgan fingerprint density at radius 1 is 1.26 bits per heavy atom. The van der Waals surface area contributed by atoms with Gasteiger partial charge in [0.2, 0.25) is 0 Å². The molecule has 0 fully saturated rings. The number of carboxylic acids is 1. The molecule has 0 aliphatic rings. The third kappa shape index (κ3) is 3.44. The molecule has 7 heteroatoms. The minimum Gasteiger partial charge on any atom is -0.481 e. The molecule has 0 atom stereocenters. The second kappa shape index (κ2) is 6.68. The monoisotopic (exact) mass is 318 g/mol. The Morgan fingerprint density at radius 2 is 1.87 bits per heavy atom. The summed E-state index contributed by atoms with van der Waals surface area (Å²) in [5.41, 5.74) is 2.55. The van der Waals surface area contributed by atoms with E-state index in [4.69, 9.17) is 5.11 Å². The fraction of sp³-hybridized carbons (Fsp3) is 0.438. The van der Waals surface area contributed by atoms with Gasteiger partial charge in [-0.2, -0.15) is 5.10 Å². The molecule has 0 aliphatic heterocycles. The molecular formula is C16H22N4O3. The first-order chi connectivity index (χ1) is 10.8. The summed E-state index contributed by atoms with van der Waals surface area (Å²) >= 11 is 0. The Morgan fingerprint density at radius 3 is 2.43 bits per heavy atom. The van der Waals surface area contributed by atoms with E-state index >= 15 is 0 Å². The minimum atomic E-state index is -0.855. The average Bonchev–Trinajstić information content (AvgIpc) is 3.00. The first-order valence-electron chi connectivity index (χ1n) is 7.47. The van der Waals surface area contributed by atoms with Gasteiger partial charge in [-0.25, -0.2) is 0 Å². The van der Waals surface area contributed by atoms with E-state index in [9.17, 15) is 9.59 Å². The zero-order valence-corrected chi connectivity index (χ0v) is 13.9. The van der Waals surface area contributed by atoms with E-state index in [1.165, 1.54) is 4.90 Å². The first kappa shape index (κ1) is 16.8. The van der Waals surface area contributed by atoms with Crippen LogP contribution in [0.3, 0.4) is 0 Å². The summed E-state index contributed by atoms with van der Waals surface area (Å²) in [7, 11) is 3.48. The zero-order valence-electron chi connectivity index (χ0n) is 13.9. The number of hydrogen-bond acceptors (Lipinski definition) is 3. The predicted octanol–water partition coefficient (Wildman–Crippen LogP) is 1.76.